The summed E-state index contributed by atoms with van der Waals surface area (Å²) in [7, 11) is 2.16. The van der Waals surface area contributed by atoms with Crippen LogP contribution in [0.4, 0.5) is 0 Å². The summed E-state index contributed by atoms with van der Waals surface area (Å²) in [5.74, 6) is 0. The minimum atomic E-state index is 1.10. The zero-order valence-corrected chi connectivity index (χ0v) is 9.80. The van der Waals surface area contributed by atoms with Gasteiger partial charge < -0.3 is 0 Å². The molecule has 0 fully saturated rings. The summed E-state index contributed by atoms with van der Waals surface area (Å²) >= 11 is 0. The number of hydrogen-bond donors (Lipinski definition) is 0. The lowest BCUT2D eigenvalue weighted by molar-refractivity contribution is 0.426. The fourth-order valence-corrected chi connectivity index (χ4v) is 1.63. The van der Waals surface area contributed by atoms with Gasteiger partial charge in [0.15, 0.2) is 0 Å². The summed E-state index contributed by atoms with van der Waals surface area (Å²) in [6, 6.07) is 0. The molecule has 0 aromatic rings. The number of allylic oxidation sites excluding steroid dienone is 3. The van der Waals surface area contributed by atoms with Gasteiger partial charge in [-0.3, -0.25) is 4.90 Å². The van der Waals surface area contributed by atoms with Crippen LogP contribution < -0.4 is 0 Å². The Morgan fingerprint density at radius 1 is 1.43 bits per heavy atom. The molecular weight excluding hydrogens is 170 g/mol. The van der Waals surface area contributed by atoms with Crippen molar-refractivity contribution in [1.82, 2.24) is 4.90 Å². The molecule has 0 bridgehead atoms. The minimum absolute atomic E-state index is 1.10. The van der Waals surface area contributed by atoms with Crippen LogP contribution in [0.5, 0.6) is 0 Å². The Hall–Kier alpha value is -0.820. The van der Waals surface area contributed by atoms with Crippen molar-refractivity contribution in [3.8, 4) is 0 Å². The highest BCUT2D eigenvalue weighted by molar-refractivity contribution is 5.33. The highest BCUT2D eigenvalue weighted by Crippen LogP contribution is 2.16. The van der Waals surface area contributed by atoms with Crippen LogP contribution in [0.3, 0.4) is 0 Å². The molecule has 0 saturated heterocycles. The summed E-state index contributed by atoms with van der Waals surface area (Å²) in [5, 5.41) is 0. The lowest BCUT2D eigenvalue weighted by atomic mass is 10.1. The van der Waals surface area contributed by atoms with Crippen molar-refractivity contribution in [2.45, 2.75) is 27.2 Å². The predicted octanol–water partition coefficient (Wildman–Crippen LogP) is 3.16. The van der Waals surface area contributed by atoms with Gasteiger partial charge in [-0.15, -0.1) is 0 Å². The van der Waals surface area contributed by atoms with Crippen molar-refractivity contribution in [3.63, 3.8) is 0 Å². The third-order valence-electron chi connectivity index (χ3n) is 2.73. The van der Waals surface area contributed by atoms with Crippen molar-refractivity contribution in [3.05, 3.63) is 34.9 Å². The Bertz CT molecular complexity index is 282. The number of rotatable bonds is 3. The van der Waals surface area contributed by atoms with E-state index in [1.165, 1.54) is 16.7 Å². The van der Waals surface area contributed by atoms with Gasteiger partial charge >= 0.3 is 0 Å². The fraction of sp³-hybridized carbons (Fsp3) is 0.538. The lowest BCUT2D eigenvalue weighted by Gasteiger charge is -2.04. The summed E-state index contributed by atoms with van der Waals surface area (Å²) in [4.78, 5) is 2.34. The van der Waals surface area contributed by atoms with Crippen LogP contribution in [0.15, 0.2) is 34.9 Å². The molecule has 1 nitrogen and oxygen atoms in total. The van der Waals surface area contributed by atoms with E-state index < -0.39 is 0 Å². The average molecular weight is 191 g/mol. The number of likely N-dealkylation sites (N-methyl/N-ethyl adjacent to an activating group) is 1. The first-order valence-electron chi connectivity index (χ1n) is 5.34. The molecule has 1 aliphatic rings. The maximum Gasteiger partial charge on any atom is 0.0234 e. The molecule has 0 N–H and O–H groups in total. The van der Waals surface area contributed by atoms with E-state index in [1.54, 1.807) is 0 Å². The first-order chi connectivity index (χ1) is 6.63. The van der Waals surface area contributed by atoms with Crippen molar-refractivity contribution >= 4 is 0 Å². The van der Waals surface area contributed by atoms with E-state index in [0.29, 0.717) is 0 Å². The molecule has 0 unspecified atom stereocenters. The second kappa shape index (κ2) is 5.16. The summed E-state index contributed by atoms with van der Waals surface area (Å²) < 4.78 is 0. The van der Waals surface area contributed by atoms with E-state index in [4.69, 9.17) is 0 Å². The van der Waals surface area contributed by atoms with Gasteiger partial charge in [-0.05, 0) is 32.9 Å². The molecule has 1 aliphatic heterocycles. The van der Waals surface area contributed by atoms with E-state index in [9.17, 15) is 0 Å². The SMILES string of the molecule is CC/C(C)=C\C=C/C1=C(C)CN(C)C1. The Kier molecular flexibility index (Phi) is 4.15. The molecule has 0 aromatic heterocycles. The summed E-state index contributed by atoms with van der Waals surface area (Å²) in [6.07, 6.45) is 7.77. The smallest absolute Gasteiger partial charge is 0.0234 e. The Morgan fingerprint density at radius 3 is 2.64 bits per heavy atom. The van der Waals surface area contributed by atoms with Crippen molar-refractivity contribution in [1.29, 1.82) is 0 Å². The van der Waals surface area contributed by atoms with Gasteiger partial charge in [0, 0.05) is 13.1 Å². The molecule has 1 heterocycles. The largest absolute Gasteiger partial charge is 0.298 e. The van der Waals surface area contributed by atoms with Crippen LogP contribution in [0.1, 0.15) is 27.2 Å². The molecule has 0 saturated carbocycles. The van der Waals surface area contributed by atoms with Gasteiger partial charge in [0.25, 0.3) is 0 Å². The van der Waals surface area contributed by atoms with Gasteiger partial charge in [-0.1, -0.05) is 36.3 Å². The van der Waals surface area contributed by atoms with E-state index in [1.807, 2.05) is 0 Å². The summed E-state index contributed by atoms with van der Waals surface area (Å²) in [5.41, 5.74) is 4.42. The van der Waals surface area contributed by atoms with E-state index in [0.717, 1.165) is 19.5 Å². The Morgan fingerprint density at radius 2 is 2.14 bits per heavy atom. The molecule has 0 spiro atoms. The Labute approximate surface area is 87.8 Å². The average Bonchev–Trinajstić information content (AvgIpc) is 2.45. The van der Waals surface area contributed by atoms with Gasteiger partial charge in [0.05, 0.1) is 0 Å². The van der Waals surface area contributed by atoms with Gasteiger partial charge in [0.2, 0.25) is 0 Å². The standard InChI is InChI=1S/C13H21N/c1-5-11(2)7-6-8-13-10-14(4)9-12(13)3/h6-8H,5,9-10H2,1-4H3/b8-6-,11-7-. The molecule has 1 heteroatoms. The first-order valence-corrected chi connectivity index (χ1v) is 5.34. The van der Waals surface area contributed by atoms with Crippen LogP contribution >= 0.6 is 0 Å². The third kappa shape index (κ3) is 3.15. The zero-order valence-electron chi connectivity index (χ0n) is 9.80. The highest BCUT2D eigenvalue weighted by Gasteiger charge is 2.12. The molecular formula is C13H21N. The Balaban J connectivity index is 2.57. The van der Waals surface area contributed by atoms with Gasteiger partial charge in [-0.2, -0.15) is 0 Å². The van der Waals surface area contributed by atoms with Crippen LogP contribution in [-0.2, 0) is 0 Å². The van der Waals surface area contributed by atoms with Crippen LogP contribution in [0.2, 0.25) is 0 Å². The summed E-state index contributed by atoms with van der Waals surface area (Å²) in [6.45, 7) is 8.80. The molecule has 0 aromatic carbocycles. The second-order valence-electron chi connectivity index (χ2n) is 4.20. The molecule has 1 rings (SSSR count). The number of hydrogen-bond acceptors (Lipinski definition) is 1. The maximum atomic E-state index is 2.34. The van der Waals surface area contributed by atoms with Crippen LogP contribution in [-0.4, -0.2) is 25.0 Å². The quantitative estimate of drug-likeness (QED) is 0.619. The third-order valence-corrected chi connectivity index (χ3v) is 2.73. The van der Waals surface area contributed by atoms with E-state index in [2.05, 4.69) is 50.9 Å². The van der Waals surface area contributed by atoms with Crippen LogP contribution in [0, 0.1) is 0 Å². The fourth-order valence-electron chi connectivity index (χ4n) is 1.63. The normalized spacial score (nSPS) is 20.1. The minimum Gasteiger partial charge on any atom is -0.298 e. The molecule has 0 radical (unpaired) electrons. The molecule has 78 valence electrons. The van der Waals surface area contributed by atoms with Crippen LogP contribution in [0.25, 0.3) is 0 Å². The van der Waals surface area contributed by atoms with Gasteiger partial charge in [0.1, 0.15) is 0 Å². The predicted molar refractivity (Wildman–Crippen MR) is 63.4 cm³/mol. The van der Waals surface area contributed by atoms with E-state index >= 15 is 0 Å². The first kappa shape index (κ1) is 11.3. The second-order valence-corrected chi connectivity index (χ2v) is 4.20. The lowest BCUT2D eigenvalue weighted by Crippen LogP contribution is -2.14. The van der Waals surface area contributed by atoms with Crippen molar-refractivity contribution in [2.75, 3.05) is 20.1 Å². The maximum absolute atomic E-state index is 2.34. The molecule has 0 atom stereocenters. The molecule has 14 heavy (non-hydrogen) atoms. The number of nitrogens with zero attached hydrogens (tertiary/aromatic N) is 1. The van der Waals surface area contributed by atoms with Crippen molar-refractivity contribution < 1.29 is 0 Å². The van der Waals surface area contributed by atoms with E-state index in [-0.39, 0.29) is 0 Å². The molecule has 0 aliphatic carbocycles. The highest BCUT2D eigenvalue weighted by atomic mass is 15.1. The monoisotopic (exact) mass is 191 g/mol. The zero-order chi connectivity index (χ0) is 10.6. The van der Waals surface area contributed by atoms with Gasteiger partial charge in [-0.25, -0.2) is 0 Å². The van der Waals surface area contributed by atoms with Crippen molar-refractivity contribution in [2.24, 2.45) is 0 Å². The molecule has 0 amide bonds. The topological polar surface area (TPSA) is 3.24 Å².